The molecule has 640 valence electrons. The van der Waals surface area contributed by atoms with Crippen molar-refractivity contribution in [2.24, 2.45) is 58.2 Å². The summed E-state index contributed by atoms with van der Waals surface area (Å²) in [4.78, 5) is 100. The molecule has 5 heterocycles. The first-order valence-corrected chi connectivity index (χ1v) is 38.0. The van der Waals surface area contributed by atoms with Crippen molar-refractivity contribution in [3.05, 3.63) is 58.8 Å². The maximum atomic E-state index is 11.8. The van der Waals surface area contributed by atoms with Gasteiger partial charge in [0.1, 0.15) is 29.1 Å². The maximum absolute atomic E-state index is 11.8. The summed E-state index contributed by atoms with van der Waals surface area (Å²) in [5, 5.41) is 81.2. The number of carbonyl (C=O) groups excluding carboxylic acids is 5. The average molecular weight is 1630 g/mol. The van der Waals surface area contributed by atoms with E-state index in [1.54, 1.807) is 6.92 Å². The van der Waals surface area contributed by atoms with Crippen molar-refractivity contribution in [3.8, 4) is 0 Å². The van der Waals surface area contributed by atoms with E-state index in [0.29, 0.717) is 30.6 Å². The molecule has 16 atom stereocenters. The van der Waals surface area contributed by atoms with Gasteiger partial charge in [-0.3, -0.25) is 24.0 Å². The summed E-state index contributed by atoms with van der Waals surface area (Å²) in [6.45, 7) is 28.2. The zero-order valence-electron chi connectivity index (χ0n) is 87.3. The molecule has 5 aliphatic rings. The predicted octanol–water partition coefficient (Wildman–Crippen LogP) is 8.74. The lowest BCUT2D eigenvalue weighted by molar-refractivity contribution is 0.0737. The molecule has 0 bridgehead atoms. The maximum Gasteiger partial charge on any atom is 0.254 e. The molecule has 5 amide bonds. The largest absolute Gasteiger partial charge is 0.393 e. The minimum Gasteiger partial charge on any atom is -0.393 e. The number of amides is 5. The highest BCUT2D eigenvalue weighted by Crippen LogP contribution is 2.34. The summed E-state index contributed by atoms with van der Waals surface area (Å²) in [7, 11) is 0. The highest BCUT2D eigenvalue weighted by atomic mass is 16.3. The van der Waals surface area contributed by atoms with Crippen molar-refractivity contribution in [2.75, 3.05) is 53.2 Å². The van der Waals surface area contributed by atoms with E-state index in [0.717, 1.165) is 12.8 Å². The molecule has 0 saturated heterocycles. The third-order valence-electron chi connectivity index (χ3n) is 17.5. The van der Waals surface area contributed by atoms with Crippen LogP contribution in [0.2, 0.25) is 0 Å². The molecule has 10 rings (SSSR count). The van der Waals surface area contributed by atoms with Crippen LogP contribution in [0.3, 0.4) is 0 Å². The minimum atomic E-state index is -2.90. The van der Waals surface area contributed by atoms with Crippen LogP contribution in [-0.2, 0) is 0 Å². The molecule has 5 fully saturated rings. The summed E-state index contributed by atoms with van der Waals surface area (Å²) < 4.78 is 144. The Balaban J connectivity index is 0.000000256. The summed E-state index contributed by atoms with van der Waals surface area (Å²) >= 11 is 0. The number of carbonyl (C=O) groups is 5. The first-order valence-electron chi connectivity index (χ1n) is 47.1. The molecule has 115 heavy (non-hydrogen) atoms. The van der Waals surface area contributed by atoms with Crippen LogP contribution in [0.1, 0.15) is 311 Å². The molecule has 5 aliphatic carbocycles. The lowest BCUT2D eigenvalue weighted by Gasteiger charge is -2.32. The fraction of sp³-hybridized carbons (Fsp3) is 0.688. The molecule has 35 heteroatoms. The molecule has 0 aromatic carbocycles. The monoisotopic (exact) mass is 1620 g/mol. The summed E-state index contributed by atoms with van der Waals surface area (Å²) in [5.41, 5.74) is 25.4. The molecule has 35 nitrogen and oxygen atoms in total. The molecular formula is C80H135N25O10. The molecule has 16 unspecified atom stereocenters. The van der Waals surface area contributed by atoms with Crippen LogP contribution >= 0.6 is 0 Å². The van der Waals surface area contributed by atoms with Crippen molar-refractivity contribution >= 4 is 88.4 Å². The highest BCUT2D eigenvalue weighted by molar-refractivity contribution is 6.00. The Labute approximate surface area is 703 Å². The second kappa shape index (κ2) is 40.9. The van der Waals surface area contributed by atoms with Gasteiger partial charge in [0.2, 0.25) is 29.7 Å². The van der Waals surface area contributed by atoms with Crippen LogP contribution in [0.5, 0.6) is 0 Å². The van der Waals surface area contributed by atoms with E-state index in [1.807, 2.05) is 111 Å². The van der Waals surface area contributed by atoms with Crippen LogP contribution in [0.25, 0.3) is 0 Å². The molecule has 0 spiro atoms. The number of nitrogens with zero attached hydrogens (tertiary/aromatic N) is 10. The van der Waals surface area contributed by atoms with E-state index in [4.69, 9.17) is 53.3 Å². The SMILES string of the molecule is [2H]C1(Nc2nc(NC(C)(C)C)ncc2C(N)=O)CCC(C)C([2H])(O)C1.[2H]C1(Nc2nc(NC(C)(C)C)ncc2C(N)=O)CCC([2H])(C([2H])([2H])[2H])C([2H])(O)C1.[2H]C1(Nc2nc(NC(C)(C)C)ncc2C(N)=O)CCC([2H])(C)C([2H])(O)C1.[2H]C1([2H])C(Nc2nc(NC(C)(C)C)ncc2C(N)=O)CCC([2H])(C([2H])([2H])[2H])C1O.[2H]C1C(Nc2nc(NC(C)(C)C)ncc2C(N)=O)CCC(C)C1O. The second-order valence-electron chi connectivity index (χ2n) is 34.1. The second-order valence-corrected chi connectivity index (χ2v) is 34.1. The zero-order valence-corrected chi connectivity index (χ0v) is 69.3. The van der Waals surface area contributed by atoms with Gasteiger partial charge in [0.15, 0.2) is 0 Å². The molecule has 0 radical (unpaired) electrons. The van der Waals surface area contributed by atoms with Gasteiger partial charge >= 0.3 is 0 Å². The van der Waals surface area contributed by atoms with E-state index < -0.39 is 141 Å². The van der Waals surface area contributed by atoms with Crippen LogP contribution < -0.4 is 81.8 Å². The number of nitrogens with one attached hydrogen (secondary N) is 10. The van der Waals surface area contributed by atoms with Gasteiger partial charge in [-0.25, -0.2) is 24.9 Å². The van der Waals surface area contributed by atoms with Gasteiger partial charge in [0, 0.05) is 105 Å². The lowest BCUT2D eigenvalue weighted by Crippen LogP contribution is -2.36. The first-order chi connectivity index (χ1) is 59.9. The number of aliphatic hydroxyl groups is 5. The third-order valence-corrected chi connectivity index (χ3v) is 17.5. The van der Waals surface area contributed by atoms with E-state index in [1.165, 1.54) is 37.9 Å². The van der Waals surface area contributed by atoms with Crippen molar-refractivity contribution < 1.29 is 74.2 Å². The topological polar surface area (TPSA) is 566 Å². The number of rotatable bonds is 20. The number of aliphatic hydroxyl groups excluding tert-OH is 2. The Morgan fingerprint density at radius 2 is 0.635 bits per heavy atom. The molecule has 5 aromatic rings. The molecule has 0 aliphatic heterocycles. The van der Waals surface area contributed by atoms with Gasteiger partial charge in [-0.05, 0) is 230 Å². The van der Waals surface area contributed by atoms with Gasteiger partial charge in [0.05, 0.1) is 66.5 Å². The van der Waals surface area contributed by atoms with Crippen LogP contribution in [0.15, 0.2) is 31.0 Å². The van der Waals surface area contributed by atoms with Crippen molar-refractivity contribution in [1.29, 1.82) is 0 Å². The minimum absolute atomic E-state index is 0.0174. The van der Waals surface area contributed by atoms with Gasteiger partial charge in [-0.2, -0.15) is 24.9 Å². The summed E-state index contributed by atoms with van der Waals surface area (Å²) in [5.74, 6) is -8.39. The highest BCUT2D eigenvalue weighted by Gasteiger charge is 2.34. The van der Waals surface area contributed by atoms with Gasteiger partial charge in [-0.1, -0.05) is 34.5 Å². The molecule has 25 N–H and O–H groups in total. The Morgan fingerprint density at radius 1 is 0.365 bits per heavy atom. The lowest BCUT2D eigenvalue weighted by atomic mass is 9.85. The van der Waals surface area contributed by atoms with Crippen LogP contribution in [0, 0.1) is 29.5 Å². The van der Waals surface area contributed by atoms with E-state index in [9.17, 15) is 49.5 Å². The van der Waals surface area contributed by atoms with Crippen molar-refractivity contribution in [1.82, 2.24) is 49.8 Å². The normalized spacial score (nSPS) is 34.3. The summed E-state index contributed by atoms with van der Waals surface area (Å²) in [6.07, 6.45) is -5.37. The molecule has 5 saturated carbocycles. The van der Waals surface area contributed by atoms with Crippen LogP contribution in [-0.4, -0.2) is 193 Å². The fourth-order valence-electron chi connectivity index (χ4n) is 11.4. The standard InChI is InChI=1S/5C16H27N5O2/c5*1-9-5-6-10(7-12(9)22)19-14-11(13(17)23)8-18-15(20-14)21-16(2,3)4/h5*8-10,12,22H,5-7H2,1-4H3,(H2,17,23)(H2,18,19,20,21)/i1D3,9D,10D,12D;9D,10D,12D;1D3,7D2,9D;10D,12D;7D. The number of nitrogens with two attached hydrogens (primary N) is 5. The number of hydrogen-bond donors (Lipinski definition) is 20. The Kier molecular flexibility index (Phi) is 24.8. The number of hydrogen-bond acceptors (Lipinski definition) is 30. The fourth-order valence-corrected chi connectivity index (χ4v) is 11.4. The Morgan fingerprint density at radius 3 is 0.930 bits per heavy atom. The van der Waals surface area contributed by atoms with Crippen molar-refractivity contribution in [2.45, 2.75) is 323 Å². The van der Waals surface area contributed by atoms with E-state index in [-0.39, 0.29) is 159 Å². The van der Waals surface area contributed by atoms with Gasteiger partial charge in [0.25, 0.3) is 29.5 Å². The number of aromatic nitrogens is 10. The smallest absolute Gasteiger partial charge is 0.254 e. The molecule has 5 aromatic heterocycles. The third kappa shape index (κ3) is 31.9. The van der Waals surface area contributed by atoms with Gasteiger partial charge < -0.3 is 107 Å². The zero-order chi connectivity index (χ0) is 102. The average Bonchev–Trinajstić information content (AvgIpc) is 0.829. The van der Waals surface area contributed by atoms with Crippen LogP contribution in [0.4, 0.5) is 58.8 Å². The number of primary amides is 5. The quantitative estimate of drug-likeness (QED) is 0.0346. The predicted molar refractivity (Wildman–Crippen MR) is 452 cm³/mol. The van der Waals surface area contributed by atoms with Crippen molar-refractivity contribution in [3.63, 3.8) is 0 Å². The van der Waals surface area contributed by atoms with Gasteiger partial charge in [-0.15, -0.1) is 0 Å². The molecular weight excluding hydrogens is 1470 g/mol. The first kappa shape index (κ1) is 69.8. The number of anilines is 10. The van der Waals surface area contributed by atoms with E-state index in [2.05, 4.69) is 103 Å². The van der Waals surface area contributed by atoms with E-state index >= 15 is 0 Å². The Bertz CT molecular complexity index is 4940. The summed E-state index contributed by atoms with van der Waals surface area (Å²) in [6, 6.07) is -5.93. The Hall–Kier alpha value is -9.45.